The van der Waals surface area contributed by atoms with Crippen molar-refractivity contribution in [2.24, 2.45) is 0 Å². The average Bonchev–Trinajstić information content (AvgIpc) is 2.95. The molecule has 8 nitrogen and oxygen atoms in total. The lowest BCUT2D eigenvalue weighted by Gasteiger charge is -2.30. The van der Waals surface area contributed by atoms with E-state index in [1.807, 2.05) is 0 Å². The first-order valence-corrected chi connectivity index (χ1v) is 9.24. The number of ketones is 1. The Hall–Kier alpha value is -2.19. The Bertz CT molecular complexity index is 706. The zero-order valence-electron chi connectivity index (χ0n) is 16.8. The molecular formula is C19H29N3O5. The summed E-state index contributed by atoms with van der Waals surface area (Å²) in [5, 5.41) is 0. The van der Waals surface area contributed by atoms with E-state index >= 15 is 0 Å². The van der Waals surface area contributed by atoms with Crippen molar-refractivity contribution >= 4 is 17.7 Å². The van der Waals surface area contributed by atoms with Gasteiger partial charge in [0.1, 0.15) is 0 Å². The molecule has 0 aliphatic carbocycles. The topological polar surface area (TPSA) is 91.9 Å². The maximum absolute atomic E-state index is 12.9. The van der Waals surface area contributed by atoms with Crippen LogP contribution in [0.1, 0.15) is 46.0 Å². The zero-order chi connectivity index (χ0) is 20.1. The molecule has 0 radical (unpaired) electrons. The molecule has 0 saturated carbocycles. The third-order valence-corrected chi connectivity index (χ3v) is 4.95. The third kappa shape index (κ3) is 4.75. The fraction of sp³-hybridized carbons (Fsp3) is 0.632. The van der Waals surface area contributed by atoms with Gasteiger partial charge in [0.2, 0.25) is 5.91 Å². The van der Waals surface area contributed by atoms with Crippen LogP contribution in [0.3, 0.4) is 0 Å². The van der Waals surface area contributed by atoms with Gasteiger partial charge in [0.25, 0.3) is 0 Å². The minimum Gasteiger partial charge on any atom is -0.462 e. The second kappa shape index (κ2) is 9.14. The number of rotatable bonds is 7. The number of amides is 1. The van der Waals surface area contributed by atoms with Gasteiger partial charge in [0, 0.05) is 18.8 Å². The summed E-state index contributed by atoms with van der Waals surface area (Å²) in [6.45, 7) is 9.63. The van der Waals surface area contributed by atoms with Gasteiger partial charge < -0.3 is 19.4 Å². The molecule has 1 aromatic rings. The van der Waals surface area contributed by atoms with Gasteiger partial charge in [-0.05, 0) is 40.3 Å². The minimum atomic E-state index is -0.512. The number of morpholine rings is 1. The summed E-state index contributed by atoms with van der Waals surface area (Å²) >= 11 is 0. The van der Waals surface area contributed by atoms with Gasteiger partial charge in [0.15, 0.2) is 5.78 Å². The molecule has 27 heavy (non-hydrogen) atoms. The Kier molecular flexibility index (Phi) is 7.15. The molecule has 0 unspecified atom stereocenters. The summed E-state index contributed by atoms with van der Waals surface area (Å²) in [6.07, 6.45) is 0. The van der Waals surface area contributed by atoms with E-state index in [1.54, 1.807) is 44.5 Å². The van der Waals surface area contributed by atoms with Crippen molar-refractivity contribution in [2.75, 3.05) is 46.5 Å². The van der Waals surface area contributed by atoms with Crippen LogP contribution >= 0.6 is 0 Å². The number of carbonyl (C=O) groups excluding carboxylic acids is 3. The van der Waals surface area contributed by atoms with Crippen LogP contribution in [0.4, 0.5) is 0 Å². The number of nitrogens with one attached hydrogen (secondary N) is 1. The molecule has 1 fully saturated rings. The van der Waals surface area contributed by atoms with Crippen LogP contribution < -0.4 is 0 Å². The highest BCUT2D eigenvalue weighted by atomic mass is 16.5. The quantitative estimate of drug-likeness (QED) is 0.565. The van der Waals surface area contributed by atoms with Crippen molar-refractivity contribution in [1.29, 1.82) is 0 Å². The number of aromatic nitrogens is 1. The molecule has 1 atom stereocenters. The van der Waals surface area contributed by atoms with E-state index in [9.17, 15) is 14.4 Å². The zero-order valence-corrected chi connectivity index (χ0v) is 16.8. The molecule has 1 aliphatic heterocycles. The van der Waals surface area contributed by atoms with E-state index in [0.717, 1.165) is 0 Å². The first-order valence-electron chi connectivity index (χ1n) is 9.24. The van der Waals surface area contributed by atoms with E-state index in [0.29, 0.717) is 48.8 Å². The molecule has 150 valence electrons. The predicted octanol–water partition coefficient (Wildman–Crippen LogP) is 1.17. The summed E-state index contributed by atoms with van der Waals surface area (Å²) < 4.78 is 10.3. The highest BCUT2D eigenvalue weighted by molar-refractivity contribution is 6.04. The highest BCUT2D eigenvalue weighted by Crippen LogP contribution is 2.21. The van der Waals surface area contributed by atoms with Crippen LogP contribution in [0.25, 0.3) is 0 Å². The van der Waals surface area contributed by atoms with Crippen molar-refractivity contribution in [3.8, 4) is 0 Å². The fourth-order valence-electron chi connectivity index (χ4n) is 3.18. The van der Waals surface area contributed by atoms with Crippen LogP contribution in [-0.2, 0) is 14.3 Å². The standard InChI is InChI=1S/C19H29N3O5/c1-6-27-19(25)16-12(2)17(20-13(16)3)18(24)14(4)21(5)11-15(23)22-7-9-26-10-8-22/h14,20H,6-11H2,1-5H3/t14-/m1/s1. The normalized spacial score (nSPS) is 15.7. The Balaban J connectivity index is 2.08. The Morgan fingerprint density at radius 3 is 2.48 bits per heavy atom. The third-order valence-electron chi connectivity index (χ3n) is 4.95. The highest BCUT2D eigenvalue weighted by Gasteiger charge is 2.29. The molecule has 1 amide bonds. The first kappa shape index (κ1) is 21.1. The van der Waals surface area contributed by atoms with E-state index in [4.69, 9.17) is 9.47 Å². The Morgan fingerprint density at radius 1 is 1.26 bits per heavy atom. The maximum atomic E-state index is 12.9. The molecule has 8 heteroatoms. The van der Waals surface area contributed by atoms with Gasteiger partial charge in [-0.2, -0.15) is 0 Å². The number of nitrogens with zero attached hydrogens (tertiary/aromatic N) is 2. The largest absolute Gasteiger partial charge is 0.462 e. The summed E-state index contributed by atoms with van der Waals surface area (Å²) in [5.74, 6) is -0.623. The number of carbonyl (C=O) groups is 3. The summed E-state index contributed by atoms with van der Waals surface area (Å²) in [6, 6.07) is -0.512. The molecule has 1 aliphatic rings. The molecule has 0 bridgehead atoms. The molecule has 1 aromatic heterocycles. The number of hydrogen-bond donors (Lipinski definition) is 1. The van der Waals surface area contributed by atoms with Gasteiger partial charge in [-0.3, -0.25) is 14.5 Å². The monoisotopic (exact) mass is 379 g/mol. The van der Waals surface area contributed by atoms with Crippen LogP contribution in [0.15, 0.2) is 0 Å². The smallest absolute Gasteiger partial charge is 0.340 e. The molecule has 0 aromatic carbocycles. The number of aromatic amines is 1. The Labute approximate surface area is 159 Å². The van der Waals surface area contributed by atoms with Gasteiger partial charge in [-0.25, -0.2) is 4.79 Å². The summed E-state index contributed by atoms with van der Waals surface area (Å²) in [7, 11) is 1.75. The number of hydrogen-bond acceptors (Lipinski definition) is 6. The minimum absolute atomic E-state index is 0.0212. The molecule has 2 heterocycles. The molecule has 2 rings (SSSR count). The number of aryl methyl sites for hydroxylation is 1. The van der Waals surface area contributed by atoms with Crippen molar-refractivity contribution in [1.82, 2.24) is 14.8 Å². The van der Waals surface area contributed by atoms with Crippen LogP contribution in [-0.4, -0.2) is 85.0 Å². The molecule has 1 N–H and O–H groups in total. The molecular weight excluding hydrogens is 350 g/mol. The number of esters is 1. The lowest BCUT2D eigenvalue weighted by atomic mass is 10.0. The van der Waals surface area contributed by atoms with E-state index in [-0.39, 0.29) is 24.8 Å². The SMILES string of the molecule is CCOC(=O)c1c(C)[nH]c(C(=O)[C@@H](C)N(C)CC(=O)N2CCOCC2)c1C. The molecule has 0 spiro atoms. The number of Topliss-reactive ketones (excluding diaryl/α,β-unsaturated/α-hetero) is 1. The van der Waals surface area contributed by atoms with Gasteiger partial charge in [-0.15, -0.1) is 0 Å². The first-order chi connectivity index (χ1) is 12.8. The molecule has 1 saturated heterocycles. The number of H-pyrrole nitrogens is 1. The predicted molar refractivity (Wildman–Crippen MR) is 100 cm³/mol. The average molecular weight is 379 g/mol. The summed E-state index contributed by atoms with van der Waals surface area (Å²) in [5.41, 5.74) is 1.97. The van der Waals surface area contributed by atoms with E-state index < -0.39 is 12.0 Å². The van der Waals surface area contributed by atoms with Gasteiger partial charge in [0.05, 0.1) is 43.7 Å². The summed E-state index contributed by atoms with van der Waals surface area (Å²) in [4.78, 5) is 44.0. The number of likely N-dealkylation sites (N-methyl/N-ethyl adjacent to an activating group) is 1. The lowest BCUT2D eigenvalue weighted by Crippen LogP contribution is -2.48. The van der Waals surface area contributed by atoms with E-state index in [2.05, 4.69) is 4.98 Å². The van der Waals surface area contributed by atoms with Crippen LogP contribution in [0, 0.1) is 13.8 Å². The van der Waals surface area contributed by atoms with Crippen molar-refractivity contribution < 1.29 is 23.9 Å². The second-order valence-electron chi connectivity index (χ2n) is 6.79. The van der Waals surface area contributed by atoms with Crippen molar-refractivity contribution in [3.05, 3.63) is 22.5 Å². The fourth-order valence-corrected chi connectivity index (χ4v) is 3.18. The van der Waals surface area contributed by atoms with Crippen molar-refractivity contribution in [3.63, 3.8) is 0 Å². The second-order valence-corrected chi connectivity index (χ2v) is 6.79. The number of ether oxygens (including phenoxy) is 2. The van der Waals surface area contributed by atoms with Crippen LogP contribution in [0.5, 0.6) is 0 Å². The lowest BCUT2D eigenvalue weighted by molar-refractivity contribution is -0.136. The van der Waals surface area contributed by atoms with Crippen LogP contribution in [0.2, 0.25) is 0 Å². The van der Waals surface area contributed by atoms with E-state index in [1.165, 1.54) is 0 Å². The maximum Gasteiger partial charge on any atom is 0.340 e. The van der Waals surface area contributed by atoms with Gasteiger partial charge in [-0.1, -0.05) is 0 Å². The van der Waals surface area contributed by atoms with Crippen molar-refractivity contribution in [2.45, 2.75) is 33.7 Å². The van der Waals surface area contributed by atoms with Gasteiger partial charge >= 0.3 is 5.97 Å². The Morgan fingerprint density at radius 2 is 1.89 bits per heavy atom.